The highest BCUT2D eigenvalue weighted by atomic mass is 16.5. The number of hydrogen-bond acceptors (Lipinski definition) is 5. The zero-order valence-corrected chi connectivity index (χ0v) is 15.4. The fraction of sp³-hybridized carbons (Fsp3) is 0.632. The molecule has 0 amide bonds. The van der Waals surface area contributed by atoms with Crippen LogP contribution in [0.25, 0.3) is 0 Å². The Bertz CT molecular complexity index is 499. The molecule has 0 aliphatic rings. The normalized spacial score (nSPS) is 10.3. The minimum absolute atomic E-state index is 0.407. The van der Waals surface area contributed by atoms with E-state index in [-0.39, 0.29) is 0 Å². The van der Waals surface area contributed by atoms with Crippen LogP contribution in [0.1, 0.15) is 62.7 Å². The van der Waals surface area contributed by atoms with Crippen LogP contribution < -0.4 is 18.9 Å². The number of rotatable bonds is 13. The standard InChI is InChI=1S/C19H30O5/c1-5-7-9-11-23-16-13-15(14-20)17(24-12-10-8-6-2)19(22-4)18(16)21-3/h13-14H,5-12H2,1-4H3. The van der Waals surface area contributed by atoms with Crippen molar-refractivity contribution in [3.8, 4) is 23.0 Å². The predicted molar refractivity (Wildman–Crippen MR) is 95.0 cm³/mol. The average molecular weight is 338 g/mol. The molecule has 0 unspecified atom stereocenters. The molecule has 0 heterocycles. The van der Waals surface area contributed by atoms with Gasteiger partial charge in [0.05, 0.1) is 33.0 Å². The van der Waals surface area contributed by atoms with Gasteiger partial charge in [-0.25, -0.2) is 0 Å². The fourth-order valence-corrected chi connectivity index (χ4v) is 2.40. The summed E-state index contributed by atoms with van der Waals surface area (Å²) >= 11 is 0. The SMILES string of the molecule is CCCCCOc1cc(C=O)c(OCCCCC)c(OC)c1OC. The van der Waals surface area contributed by atoms with Crippen LogP contribution in [0.15, 0.2) is 6.07 Å². The van der Waals surface area contributed by atoms with E-state index in [4.69, 9.17) is 18.9 Å². The lowest BCUT2D eigenvalue weighted by atomic mass is 10.1. The van der Waals surface area contributed by atoms with Gasteiger partial charge in [-0.15, -0.1) is 0 Å². The molecular weight excluding hydrogens is 308 g/mol. The number of hydrogen-bond donors (Lipinski definition) is 0. The predicted octanol–water partition coefficient (Wildman–Crippen LogP) is 4.65. The third-order valence-corrected chi connectivity index (χ3v) is 3.72. The Morgan fingerprint density at radius 3 is 1.92 bits per heavy atom. The molecule has 24 heavy (non-hydrogen) atoms. The molecule has 0 spiro atoms. The van der Waals surface area contributed by atoms with Crippen LogP contribution in [0.5, 0.6) is 23.0 Å². The van der Waals surface area contributed by atoms with Gasteiger partial charge in [-0.2, -0.15) is 0 Å². The van der Waals surface area contributed by atoms with Gasteiger partial charge in [0.1, 0.15) is 0 Å². The van der Waals surface area contributed by atoms with Crippen molar-refractivity contribution in [1.82, 2.24) is 0 Å². The first-order valence-electron chi connectivity index (χ1n) is 8.73. The quantitative estimate of drug-likeness (QED) is 0.387. The van der Waals surface area contributed by atoms with Gasteiger partial charge in [-0.3, -0.25) is 4.79 Å². The minimum Gasteiger partial charge on any atom is -0.490 e. The first-order chi connectivity index (χ1) is 11.7. The molecule has 136 valence electrons. The summed E-state index contributed by atoms with van der Waals surface area (Å²) in [6.07, 6.45) is 7.04. The second kappa shape index (κ2) is 11.6. The molecule has 5 nitrogen and oxygen atoms in total. The van der Waals surface area contributed by atoms with Gasteiger partial charge >= 0.3 is 0 Å². The van der Waals surface area contributed by atoms with Gasteiger partial charge in [0.2, 0.25) is 11.5 Å². The van der Waals surface area contributed by atoms with Crippen LogP contribution in [0.3, 0.4) is 0 Å². The van der Waals surface area contributed by atoms with Crippen LogP contribution in [0.4, 0.5) is 0 Å². The maximum absolute atomic E-state index is 11.5. The van der Waals surface area contributed by atoms with Crippen LogP contribution in [0.2, 0.25) is 0 Å². The monoisotopic (exact) mass is 338 g/mol. The van der Waals surface area contributed by atoms with Gasteiger partial charge in [-0.05, 0) is 18.9 Å². The maximum atomic E-state index is 11.5. The average Bonchev–Trinajstić information content (AvgIpc) is 2.61. The molecule has 0 radical (unpaired) electrons. The maximum Gasteiger partial charge on any atom is 0.208 e. The fourth-order valence-electron chi connectivity index (χ4n) is 2.40. The zero-order valence-electron chi connectivity index (χ0n) is 15.4. The lowest BCUT2D eigenvalue weighted by molar-refractivity contribution is 0.111. The van der Waals surface area contributed by atoms with E-state index < -0.39 is 0 Å². The topological polar surface area (TPSA) is 54.0 Å². The van der Waals surface area contributed by atoms with E-state index in [0.717, 1.165) is 44.8 Å². The molecule has 0 fully saturated rings. The summed E-state index contributed by atoms with van der Waals surface area (Å²) in [4.78, 5) is 11.5. The number of aldehydes is 1. The number of benzene rings is 1. The van der Waals surface area contributed by atoms with Gasteiger partial charge < -0.3 is 18.9 Å². The molecule has 1 rings (SSSR count). The van der Waals surface area contributed by atoms with E-state index in [2.05, 4.69) is 13.8 Å². The summed E-state index contributed by atoms with van der Waals surface area (Å²) in [5.74, 6) is 1.80. The lowest BCUT2D eigenvalue weighted by Gasteiger charge is -2.19. The summed E-state index contributed by atoms with van der Waals surface area (Å²) in [7, 11) is 3.09. The van der Waals surface area contributed by atoms with E-state index in [0.29, 0.717) is 41.8 Å². The second-order valence-corrected chi connectivity index (χ2v) is 5.59. The van der Waals surface area contributed by atoms with Gasteiger partial charge in [-0.1, -0.05) is 39.5 Å². The van der Waals surface area contributed by atoms with Gasteiger partial charge in [0.15, 0.2) is 17.8 Å². The number of unbranched alkanes of at least 4 members (excludes halogenated alkanes) is 4. The largest absolute Gasteiger partial charge is 0.490 e. The molecule has 0 aliphatic carbocycles. The molecule has 0 saturated carbocycles. The Morgan fingerprint density at radius 1 is 0.833 bits per heavy atom. The van der Waals surface area contributed by atoms with Crippen LogP contribution in [-0.2, 0) is 0 Å². The van der Waals surface area contributed by atoms with Crippen molar-refractivity contribution in [3.05, 3.63) is 11.6 Å². The van der Waals surface area contributed by atoms with Gasteiger partial charge in [0.25, 0.3) is 0 Å². The molecule has 0 aliphatic heterocycles. The van der Waals surface area contributed by atoms with E-state index >= 15 is 0 Å². The molecule has 1 aromatic rings. The molecule has 0 N–H and O–H groups in total. The molecular formula is C19H30O5. The van der Waals surface area contributed by atoms with Crippen LogP contribution >= 0.6 is 0 Å². The van der Waals surface area contributed by atoms with Crippen molar-refractivity contribution in [2.45, 2.75) is 52.4 Å². The minimum atomic E-state index is 0.407. The molecule has 5 heteroatoms. The van der Waals surface area contributed by atoms with Crippen LogP contribution in [0, 0.1) is 0 Å². The Balaban J connectivity index is 3.03. The summed E-state index contributed by atoms with van der Waals surface area (Å²) in [6.45, 7) is 5.37. The third-order valence-electron chi connectivity index (χ3n) is 3.72. The van der Waals surface area contributed by atoms with Crippen molar-refractivity contribution in [2.75, 3.05) is 27.4 Å². The Kier molecular flexibility index (Phi) is 9.73. The smallest absolute Gasteiger partial charge is 0.208 e. The highest BCUT2D eigenvalue weighted by Crippen LogP contribution is 2.46. The third kappa shape index (κ3) is 5.62. The number of carbonyl (C=O) groups excluding carboxylic acids is 1. The Labute approximate surface area is 145 Å². The second-order valence-electron chi connectivity index (χ2n) is 5.59. The number of ether oxygens (including phenoxy) is 4. The molecule has 0 atom stereocenters. The van der Waals surface area contributed by atoms with Crippen molar-refractivity contribution >= 4 is 6.29 Å². The van der Waals surface area contributed by atoms with Crippen molar-refractivity contribution < 1.29 is 23.7 Å². The van der Waals surface area contributed by atoms with E-state index in [9.17, 15) is 4.79 Å². The van der Waals surface area contributed by atoms with Crippen molar-refractivity contribution in [3.63, 3.8) is 0 Å². The zero-order chi connectivity index (χ0) is 17.8. The molecule has 0 aromatic heterocycles. The Morgan fingerprint density at radius 2 is 1.42 bits per heavy atom. The number of methoxy groups -OCH3 is 2. The summed E-state index contributed by atoms with van der Waals surface area (Å²) in [6, 6.07) is 1.66. The lowest BCUT2D eigenvalue weighted by Crippen LogP contribution is -2.06. The van der Waals surface area contributed by atoms with Crippen molar-refractivity contribution in [1.29, 1.82) is 0 Å². The van der Waals surface area contributed by atoms with Crippen molar-refractivity contribution in [2.24, 2.45) is 0 Å². The molecule has 0 saturated heterocycles. The van der Waals surface area contributed by atoms with E-state index in [1.165, 1.54) is 7.11 Å². The highest BCUT2D eigenvalue weighted by Gasteiger charge is 2.22. The van der Waals surface area contributed by atoms with E-state index in [1.54, 1.807) is 13.2 Å². The summed E-state index contributed by atoms with van der Waals surface area (Å²) < 4.78 is 22.5. The molecule has 0 bridgehead atoms. The summed E-state index contributed by atoms with van der Waals surface area (Å²) in [5, 5.41) is 0. The summed E-state index contributed by atoms with van der Waals surface area (Å²) in [5.41, 5.74) is 0.412. The molecule has 1 aromatic carbocycles. The van der Waals surface area contributed by atoms with Gasteiger partial charge in [0, 0.05) is 0 Å². The highest BCUT2D eigenvalue weighted by molar-refractivity contribution is 5.84. The Hall–Kier alpha value is -1.91. The number of carbonyl (C=O) groups is 1. The van der Waals surface area contributed by atoms with E-state index in [1.807, 2.05) is 0 Å². The van der Waals surface area contributed by atoms with Crippen LogP contribution in [-0.4, -0.2) is 33.7 Å². The first kappa shape index (κ1) is 20.1. The first-order valence-corrected chi connectivity index (χ1v) is 8.73.